The molecule has 0 atom stereocenters. The lowest BCUT2D eigenvalue weighted by Gasteiger charge is -2.03. The SMILES string of the molecule is Cc1sc(NC(=O)Oc2ccccc2)nc1-c1ccc(Br)cc1. The van der Waals surface area contributed by atoms with Gasteiger partial charge in [0.1, 0.15) is 5.75 Å². The van der Waals surface area contributed by atoms with Crippen molar-refractivity contribution in [2.75, 3.05) is 5.32 Å². The van der Waals surface area contributed by atoms with E-state index in [1.807, 2.05) is 49.4 Å². The third kappa shape index (κ3) is 3.97. The Morgan fingerprint density at radius 1 is 1.13 bits per heavy atom. The molecule has 1 amide bonds. The second-order valence-electron chi connectivity index (χ2n) is 4.76. The van der Waals surface area contributed by atoms with E-state index < -0.39 is 6.09 Å². The van der Waals surface area contributed by atoms with E-state index in [1.54, 1.807) is 12.1 Å². The summed E-state index contributed by atoms with van der Waals surface area (Å²) in [5.74, 6) is 0.492. The minimum absolute atomic E-state index is 0.492. The third-order valence-electron chi connectivity index (χ3n) is 3.08. The van der Waals surface area contributed by atoms with Crippen molar-refractivity contribution in [3.05, 3.63) is 63.9 Å². The van der Waals surface area contributed by atoms with E-state index in [2.05, 4.69) is 26.2 Å². The van der Waals surface area contributed by atoms with E-state index >= 15 is 0 Å². The van der Waals surface area contributed by atoms with Crippen molar-refractivity contribution in [1.82, 2.24) is 4.98 Å². The number of amides is 1. The van der Waals surface area contributed by atoms with Crippen LogP contribution in [0.1, 0.15) is 4.88 Å². The van der Waals surface area contributed by atoms with Crippen molar-refractivity contribution in [3.8, 4) is 17.0 Å². The van der Waals surface area contributed by atoms with Crippen LogP contribution in [-0.2, 0) is 0 Å². The van der Waals surface area contributed by atoms with Crippen LogP contribution in [0.5, 0.6) is 5.75 Å². The molecule has 0 bridgehead atoms. The second-order valence-corrected chi connectivity index (χ2v) is 6.88. The normalized spacial score (nSPS) is 10.3. The molecule has 4 nitrogen and oxygen atoms in total. The number of anilines is 1. The molecule has 0 aliphatic rings. The van der Waals surface area contributed by atoms with Crippen LogP contribution >= 0.6 is 27.3 Å². The van der Waals surface area contributed by atoms with Gasteiger partial charge >= 0.3 is 6.09 Å². The number of carbonyl (C=O) groups excluding carboxylic acids is 1. The largest absolute Gasteiger partial charge is 0.418 e. The molecule has 0 saturated carbocycles. The third-order valence-corrected chi connectivity index (χ3v) is 4.49. The van der Waals surface area contributed by atoms with Gasteiger partial charge in [-0.05, 0) is 31.2 Å². The second kappa shape index (κ2) is 6.93. The zero-order valence-electron chi connectivity index (χ0n) is 12.2. The van der Waals surface area contributed by atoms with Crippen molar-refractivity contribution in [3.63, 3.8) is 0 Å². The number of carbonyl (C=O) groups is 1. The maximum absolute atomic E-state index is 11.9. The Labute approximate surface area is 146 Å². The number of hydrogen-bond donors (Lipinski definition) is 1. The summed E-state index contributed by atoms with van der Waals surface area (Å²) in [6.45, 7) is 1.97. The molecule has 0 aliphatic heterocycles. The Kier molecular flexibility index (Phi) is 4.73. The lowest BCUT2D eigenvalue weighted by Crippen LogP contribution is -2.16. The van der Waals surface area contributed by atoms with E-state index in [1.165, 1.54) is 11.3 Å². The highest BCUT2D eigenvalue weighted by Crippen LogP contribution is 2.31. The maximum Gasteiger partial charge on any atom is 0.418 e. The molecule has 0 unspecified atom stereocenters. The average molecular weight is 389 g/mol. The van der Waals surface area contributed by atoms with Gasteiger partial charge in [-0.25, -0.2) is 9.78 Å². The standard InChI is InChI=1S/C17H13BrN2O2S/c1-11-15(12-7-9-13(18)10-8-12)19-16(23-11)20-17(21)22-14-5-3-2-4-6-14/h2-10H,1H3,(H,19,20,21). The minimum atomic E-state index is -0.549. The van der Waals surface area contributed by atoms with Crippen molar-refractivity contribution >= 4 is 38.5 Å². The van der Waals surface area contributed by atoms with Gasteiger partial charge in [0, 0.05) is 14.9 Å². The smallest absolute Gasteiger partial charge is 0.410 e. The Morgan fingerprint density at radius 3 is 2.52 bits per heavy atom. The highest BCUT2D eigenvalue weighted by atomic mass is 79.9. The minimum Gasteiger partial charge on any atom is -0.410 e. The van der Waals surface area contributed by atoms with Crippen molar-refractivity contribution < 1.29 is 9.53 Å². The van der Waals surface area contributed by atoms with Crippen LogP contribution in [0, 0.1) is 6.92 Å². The van der Waals surface area contributed by atoms with Gasteiger partial charge < -0.3 is 4.74 Å². The lowest BCUT2D eigenvalue weighted by atomic mass is 10.1. The Hall–Kier alpha value is -2.18. The molecule has 6 heteroatoms. The van der Waals surface area contributed by atoms with E-state index in [0.717, 1.165) is 20.6 Å². The van der Waals surface area contributed by atoms with E-state index in [9.17, 15) is 4.79 Å². The first kappa shape index (κ1) is 15.7. The highest BCUT2D eigenvalue weighted by Gasteiger charge is 2.13. The number of nitrogens with zero attached hydrogens (tertiary/aromatic N) is 1. The van der Waals surface area contributed by atoms with Gasteiger partial charge in [0.05, 0.1) is 5.69 Å². The number of para-hydroxylation sites is 1. The average Bonchev–Trinajstić information content (AvgIpc) is 2.89. The van der Waals surface area contributed by atoms with Crippen LogP contribution in [0.3, 0.4) is 0 Å². The van der Waals surface area contributed by atoms with Gasteiger partial charge in [0.25, 0.3) is 0 Å². The van der Waals surface area contributed by atoms with E-state index in [-0.39, 0.29) is 0 Å². The van der Waals surface area contributed by atoms with Crippen LogP contribution in [-0.4, -0.2) is 11.1 Å². The highest BCUT2D eigenvalue weighted by molar-refractivity contribution is 9.10. The van der Waals surface area contributed by atoms with E-state index in [0.29, 0.717) is 10.9 Å². The number of nitrogens with one attached hydrogen (secondary N) is 1. The number of thiazole rings is 1. The number of halogens is 1. The van der Waals surface area contributed by atoms with Gasteiger partial charge in [-0.15, -0.1) is 11.3 Å². The summed E-state index contributed by atoms with van der Waals surface area (Å²) in [4.78, 5) is 17.4. The van der Waals surface area contributed by atoms with Crippen molar-refractivity contribution in [2.45, 2.75) is 6.92 Å². The fourth-order valence-electron chi connectivity index (χ4n) is 2.03. The Bertz CT molecular complexity index is 816. The van der Waals surface area contributed by atoms with Crippen LogP contribution in [0.4, 0.5) is 9.93 Å². The van der Waals surface area contributed by atoms with Gasteiger partial charge in [-0.3, -0.25) is 5.32 Å². The van der Waals surface area contributed by atoms with Crippen LogP contribution in [0.15, 0.2) is 59.1 Å². The zero-order valence-corrected chi connectivity index (χ0v) is 14.6. The fraction of sp³-hybridized carbons (Fsp3) is 0.0588. The first-order chi connectivity index (χ1) is 11.1. The predicted octanol–water partition coefficient (Wildman–Crippen LogP) is 5.49. The van der Waals surface area contributed by atoms with Crippen molar-refractivity contribution in [1.29, 1.82) is 0 Å². The monoisotopic (exact) mass is 388 g/mol. The topological polar surface area (TPSA) is 51.2 Å². The van der Waals surface area contributed by atoms with Crippen LogP contribution in [0.25, 0.3) is 11.3 Å². The molecule has 23 heavy (non-hydrogen) atoms. The molecule has 2 aromatic carbocycles. The number of ether oxygens (including phenoxy) is 1. The molecule has 1 N–H and O–H groups in total. The number of hydrogen-bond acceptors (Lipinski definition) is 4. The molecular weight excluding hydrogens is 376 g/mol. The number of benzene rings is 2. The number of rotatable bonds is 3. The summed E-state index contributed by atoms with van der Waals surface area (Å²) in [6, 6.07) is 16.8. The molecule has 0 saturated heterocycles. The Balaban J connectivity index is 1.73. The number of aromatic nitrogens is 1. The molecule has 116 valence electrons. The van der Waals surface area contributed by atoms with Gasteiger partial charge in [-0.2, -0.15) is 0 Å². The van der Waals surface area contributed by atoms with Gasteiger partial charge in [0.15, 0.2) is 5.13 Å². The molecule has 3 rings (SSSR count). The molecule has 0 radical (unpaired) electrons. The van der Waals surface area contributed by atoms with Gasteiger partial charge in [0.2, 0.25) is 0 Å². The summed E-state index contributed by atoms with van der Waals surface area (Å²) in [5.41, 5.74) is 1.86. The quantitative estimate of drug-likeness (QED) is 0.644. The molecule has 0 spiro atoms. The summed E-state index contributed by atoms with van der Waals surface area (Å²) in [6.07, 6.45) is -0.549. The molecule has 0 fully saturated rings. The summed E-state index contributed by atoms with van der Waals surface area (Å²) in [5, 5.41) is 3.18. The zero-order chi connectivity index (χ0) is 16.2. The first-order valence-electron chi connectivity index (χ1n) is 6.89. The number of aryl methyl sites for hydroxylation is 1. The van der Waals surface area contributed by atoms with Crippen molar-refractivity contribution in [2.24, 2.45) is 0 Å². The van der Waals surface area contributed by atoms with Crippen LogP contribution < -0.4 is 10.1 Å². The molecule has 3 aromatic rings. The van der Waals surface area contributed by atoms with E-state index in [4.69, 9.17) is 4.74 Å². The lowest BCUT2D eigenvalue weighted by molar-refractivity contribution is 0.215. The summed E-state index contributed by atoms with van der Waals surface area (Å²) < 4.78 is 6.21. The Morgan fingerprint density at radius 2 is 1.83 bits per heavy atom. The van der Waals surface area contributed by atoms with Gasteiger partial charge in [-0.1, -0.05) is 46.3 Å². The van der Waals surface area contributed by atoms with Crippen LogP contribution in [0.2, 0.25) is 0 Å². The molecule has 1 heterocycles. The fourth-order valence-corrected chi connectivity index (χ4v) is 3.12. The summed E-state index contributed by atoms with van der Waals surface area (Å²) in [7, 11) is 0. The molecule has 0 aliphatic carbocycles. The summed E-state index contributed by atoms with van der Waals surface area (Å²) >= 11 is 4.83. The first-order valence-corrected chi connectivity index (χ1v) is 8.50. The maximum atomic E-state index is 11.9. The molecule has 1 aromatic heterocycles. The molecular formula is C17H13BrN2O2S. The predicted molar refractivity (Wildman–Crippen MR) is 96.1 cm³/mol.